The maximum atomic E-state index is 9.05. The molecule has 0 saturated heterocycles. The van der Waals surface area contributed by atoms with Crippen LogP contribution in [-0.2, 0) is 16.8 Å². The van der Waals surface area contributed by atoms with Gasteiger partial charge < -0.3 is 13.8 Å². The van der Waals surface area contributed by atoms with Gasteiger partial charge in [-0.25, -0.2) is 0 Å². The van der Waals surface area contributed by atoms with Crippen molar-refractivity contribution in [1.82, 2.24) is 15.3 Å². The summed E-state index contributed by atoms with van der Waals surface area (Å²) in [4.78, 5) is 4.36. The maximum Gasteiger partial charge on any atom is 0.232 e. The Morgan fingerprint density at radius 1 is 1.35 bits per heavy atom. The number of methoxy groups -OCH3 is 1. The van der Waals surface area contributed by atoms with Crippen molar-refractivity contribution in [1.29, 1.82) is 5.26 Å². The third-order valence-electron chi connectivity index (χ3n) is 3.79. The number of aromatic nitrogens is 3. The molecule has 0 radical (unpaired) electrons. The zero-order valence-electron chi connectivity index (χ0n) is 11.3. The van der Waals surface area contributed by atoms with Crippen molar-refractivity contribution in [2.24, 2.45) is 0 Å². The first kappa shape index (κ1) is 12.8. The van der Waals surface area contributed by atoms with E-state index in [1.807, 2.05) is 0 Å². The van der Waals surface area contributed by atoms with Gasteiger partial charge in [-0.15, -0.1) is 0 Å². The molecule has 0 aromatic carbocycles. The molecule has 0 N–H and O–H groups in total. The molecule has 1 fully saturated rings. The van der Waals surface area contributed by atoms with Crippen LogP contribution in [0.3, 0.4) is 0 Å². The molecule has 0 amide bonds. The second-order valence-corrected chi connectivity index (χ2v) is 4.91. The van der Waals surface area contributed by atoms with Crippen LogP contribution >= 0.6 is 0 Å². The monoisotopic (exact) mass is 274 g/mol. The number of ether oxygens (including phenoxy) is 1. The van der Waals surface area contributed by atoms with Crippen molar-refractivity contribution in [3.63, 3.8) is 0 Å². The summed E-state index contributed by atoms with van der Waals surface area (Å²) in [5, 5.41) is 16.9. The lowest BCUT2D eigenvalue weighted by atomic mass is 9.79. The van der Waals surface area contributed by atoms with E-state index in [4.69, 9.17) is 19.0 Å². The smallest absolute Gasteiger partial charge is 0.232 e. The van der Waals surface area contributed by atoms with E-state index >= 15 is 0 Å². The molecule has 104 valence electrons. The summed E-state index contributed by atoms with van der Waals surface area (Å²) in [5.41, 5.74) is 0.537. The highest BCUT2D eigenvalue weighted by atomic mass is 16.5. The van der Waals surface area contributed by atoms with Gasteiger partial charge in [0.2, 0.25) is 11.7 Å². The Kier molecular flexibility index (Phi) is 3.03. The van der Waals surface area contributed by atoms with Crippen LogP contribution < -0.4 is 0 Å². The Morgan fingerprint density at radius 3 is 2.75 bits per heavy atom. The molecule has 1 saturated carbocycles. The van der Waals surface area contributed by atoms with Crippen LogP contribution in [0.2, 0.25) is 0 Å². The van der Waals surface area contributed by atoms with Crippen LogP contribution in [0.15, 0.2) is 9.05 Å². The van der Waals surface area contributed by atoms with E-state index in [2.05, 4.69) is 21.4 Å². The molecule has 1 aliphatic rings. The van der Waals surface area contributed by atoms with E-state index in [1.54, 1.807) is 14.0 Å². The fourth-order valence-electron chi connectivity index (χ4n) is 2.35. The van der Waals surface area contributed by atoms with Crippen molar-refractivity contribution in [2.75, 3.05) is 7.11 Å². The summed E-state index contributed by atoms with van der Waals surface area (Å²) < 4.78 is 15.7. The highest BCUT2D eigenvalue weighted by Crippen LogP contribution is 2.42. The lowest BCUT2D eigenvalue weighted by Gasteiger charge is -2.37. The van der Waals surface area contributed by atoms with Crippen molar-refractivity contribution in [3.05, 3.63) is 28.7 Å². The van der Waals surface area contributed by atoms with Gasteiger partial charge in [-0.1, -0.05) is 10.3 Å². The van der Waals surface area contributed by atoms with Gasteiger partial charge >= 0.3 is 0 Å². The molecule has 20 heavy (non-hydrogen) atoms. The van der Waals surface area contributed by atoms with Crippen LogP contribution in [0, 0.1) is 18.3 Å². The Labute approximate surface area is 115 Å². The summed E-state index contributed by atoms with van der Waals surface area (Å²) in [6.07, 6.45) is 3.18. The second kappa shape index (κ2) is 4.72. The van der Waals surface area contributed by atoms with Crippen LogP contribution in [0.25, 0.3) is 0 Å². The highest BCUT2D eigenvalue weighted by molar-refractivity contribution is 5.36. The van der Waals surface area contributed by atoms with Gasteiger partial charge in [0.1, 0.15) is 22.9 Å². The molecule has 7 heteroatoms. The van der Waals surface area contributed by atoms with Crippen LogP contribution in [0.1, 0.15) is 48.0 Å². The average molecular weight is 274 g/mol. The van der Waals surface area contributed by atoms with Gasteiger partial charge in [0.05, 0.1) is 6.42 Å². The van der Waals surface area contributed by atoms with Gasteiger partial charge in [-0.2, -0.15) is 10.2 Å². The van der Waals surface area contributed by atoms with E-state index in [1.165, 1.54) is 0 Å². The Balaban J connectivity index is 1.83. The summed E-state index contributed by atoms with van der Waals surface area (Å²) in [7, 11) is 1.66. The van der Waals surface area contributed by atoms with Crippen molar-refractivity contribution in [3.8, 4) is 6.07 Å². The second-order valence-electron chi connectivity index (χ2n) is 4.91. The van der Waals surface area contributed by atoms with E-state index < -0.39 is 5.60 Å². The molecule has 0 atom stereocenters. The molecule has 2 aromatic rings. The number of hydrogen-bond donors (Lipinski definition) is 0. The van der Waals surface area contributed by atoms with Crippen LogP contribution in [0.4, 0.5) is 0 Å². The Hall–Kier alpha value is -2.20. The minimum Gasteiger partial charge on any atom is -0.370 e. The standard InChI is InChI=1S/C13H14N4O3/c1-8-9(7-14)10(16-19-8)6-11-15-12(17-20-11)13(18-2)4-3-5-13/h3-6H2,1-2H3. The molecular formula is C13H14N4O3. The summed E-state index contributed by atoms with van der Waals surface area (Å²) in [6.45, 7) is 1.70. The fraction of sp³-hybridized carbons (Fsp3) is 0.538. The van der Waals surface area contributed by atoms with E-state index in [0.29, 0.717) is 28.7 Å². The third kappa shape index (κ3) is 1.89. The zero-order chi connectivity index (χ0) is 14.2. The lowest BCUT2D eigenvalue weighted by Crippen LogP contribution is -2.37. The molecule has 3 rings (SSSR count). The highest BCUT2D eigenvalue weighted by Gasteiger charge is 2.43. The van der Waals surface area contributed by atoms with E-state index in [-0.39, 0.29) is 6.42 Å². The van der Waals surface area contributed by atoms with E-state index in [9.17, 15) is 0 Å². The molecule has 0 bridgehead atoms. The van der Waals surface area contributed by atoms with Crippen LogP contribution in [-0.4, -0.2) is 22.4 Å². The number of hydrogen-bond acceptors (Lipinski definition) is 7. The number of rotatable bonds is 4. The van der Waals surface area contributed by atoms with Gasteiger partial charge in [-0.3, -0.25) is 0 Å². The van der Waals surface area contributed by atoms with Crippen molar-refractivity contribution >= 4 is 0 Å². The van der Waals surface area contributed by atoms with Gasteiger partial charge in [-0.05, 0) is 26.2 Å². The largest absolute Gasteiger partial charge is 0.370 e. The van der Waals surface area contributed by atoms with E-state index in [0.717, 1.165) is 19.3 Å². The normalized spacial score (nSPS) is 16.6. The summed E-state index contributed by atoms with van der Waals surface area (Å²) in [5.74, 6) is 1.47. The van der Waals surface area contributed by atoms with Crippen molar-refractivity contribution < 1.29 is 13.8 Å². The lowest BCUT2D eigenvalue weighted by molar-refractivity contribution is -0.0858. The minimum atomic E-state index is -0.403. The third-order valence-corrected chi connectivity index (χ3v) is 3.79. The molecular weight excluding hydrogens is 260 g/mol. The zero-order valence-corrected chi connectivity index (χ0v) is 11.3. The van der Waals surface area contributed by atoms with Gasteiger partial charge in [0.15, 0.2) is 5.76 Å². The maximum absolute atomic E-state index is 9.05. The molecule has 0 spiro atoms. The first-order valence-electron chi connectivity index (χ1n) is 6.42. The molecule has 1 aliphatic carbocycles. The first-order valence-corrected chi connectivity index (χ1v) is 6.42. The molecule has 7 nitrogen and oxygen atoms in total. The predicted octanol–water partition coefficient (Wildman–Crippen LogP) is 1.85. The number of nitriles is 1. The first-order chi connectivity index (χ1) is 9.68. The molecule has 0 unspecified atom stereocenters. The average Bonchev–Trinajstić information content (AvgIpc) is 2.97. The topological polar surface area (TPSA) is 98.0 Å². The van der Waals surface area contributed by atoms with Crippen LogP contribution in [0.5, 0.6) is 0 Å². The minimum absolute atomic E-state index is 0.285. The fourth-order valence-corrected chi connectivity index (χ4v) is 2.35. The summed E-state index contributed by atoms with van der Waals surface area (Å²) >= 11 is 0. The Bertz CT molecular complexity index is 658. The number of nitrogens with zero attached hydrogens (tertiary/aromatic N) is 4. The predicted molar refractivity (Wildman–Crippen MR) is 65.6 cm³/mol. The summed E-state index contributed by atoms with van der Waals surface area (Å²) in [6, 6.07) is 2.06. The molecule has 2 heterocycles. The SMILES string of the molecule is COC1(c2noc(Cc3noc(C)c3C#N)n2)CCC1. The van der Waals surface area contributed by atoms with Gasteiger partial charge in [0.25, 0.3) is 0 Å². The molecule has 0 aliphatic heterocycles. The quantitative estimate of drug-likeness (QED) is 0.838. The number of aryl methyl sites for hydroxylation is 1. The Morgan fingerprint density at radius 2 is 2.15 bits per heavy atom. The van der Waals surface area contributed by atoms with Gasteiger partial charge in [0, 0.05) is 7.11 Å². The van der Waals surface area contributed by atoms with Crippen molar-refractivity contribution in [2.45, 2.75) is 38.2 Å². The molecule has 2 aromatic heterocycles.